The summed E-state index contributed by atoms with van der Waals surface area (Å²) in [4.78, 5) is 27.4. The summed E-state index contributed by atoms with van der Waals surface area (Å²) in [5, 5.41) is 19.9. The number of aromatic nitrogens is 3. The molecule has 0 fully saturated rings. The summed E-state index contributed by atoms with van der Waals surface area (Å²) in [6.45, 7) is 0.0248. The van der Waals surface area contributed by atoms with Gasteiger partial charge in [-0.3, -0.25) is 14.2 Å². The van der Waals surface area contributed by atoms with Crippen molar-refractivity contribution in [3.05, 3.63) is 124 Å². The molecule has 2 aromatic heterocycles. The zero-order valence-corrected chi connectivity index (χ0v) is 25.5. The van der Waals surface area contributed by atoms with Gasteiger partial charge >= 0.3 is 0 Å². The molecule has 0 saturated carbocycles. The van der Waals surface area contributed by atoms with Crippen molar-refractivity contribution in [3.63, 3.8) is 0 Å². The number of halogens is 2. The van der Waals surface area contributed by atoms with E-state index in [1.54, 1.807) is 60.2 Å². The van der Waals surface area contributed by atoms with Crippen molar-refractivity contribution >= 4 is 40.6 Å². The smallest absolute Gasteiger partial charge is 0.253 e. The second kappa shape index (κ2) is 13.4. The number of hydrazone groups is 1. The largest absolute Gasteiger partial charge is 0.497 e. The van der Waals surface area contributed by atoms with Gasteiger partial charge in [0.2, 0.25) is 0 Å². The number of rotatable bonds is 10. The number of carbonyl (C=O) groups excluding carboxylic acids is 2. The molecule has 3 aromatic carbocycles. The van der Waals surface area contributed by atoms with Crippen LogP contribution in [0, 0.1) is 11.6 Å². The first-order valence-corrected chi connectivity index (χ1v) is 15.7. The van der Waals surface area contributed by atoms with Crippen LogP contribution in [0.3, 0.4) is 0 Å². The van der Waals surface area contributed by atoms with E-state index in [0.717, 1.165) is 27.9 Å². The standard InChI is InChI=1S/C32H26F2N6O3S2/c1-43-25-14-6-21(7-15-25)31(42)35-18-29-36-37-32(39(29)24-12-10-23(34)11-13-24)45-19-30(41)40-27(20-4-8-22(33)9-5-20)17-26(38-40)28-3-2-16-44-28/h2-16,27H,17-19H2,1H3,(H,35,42)/t27-/m0/s1. The lowest BCUT2D eigenvalue weighted by atomic mass is 10.0. The Morgan fingerprint density at radius 1 is 0.978 bits per heavy atom. The van der Waals surface area contributed by atoms with Crippen molar-refractivity contribution in [3.8, 4) is 11.4 Å². The third-order valence-corrected chi connectivity index (χ3v) is 8.93. The second-order valence-corrected chi connectivity index (χ2v) is 11.8. The summed E-state index contributed by atoms with van der Waals surface area (Å²) in [5.74, 6) is -0.380. The molecule has 0 unspecified atom stereocenters. The van der Waals surface area contributed by atoms with Gasteiger partial charge in [0.05, 0.1) is 36.0 Å². The van der Waals surface area contributed by atoms with E-state index in [9.17, 15) is 18.4 Å². The third-order valence-electron chi connectivity index (χ3n) is 7.10. The molecule has 1 atom stereocenters. The molecule has 5 aromatic rings. The van der Waals surface area contributed by atoms with E-state index in [4.69, 9.17) is 4.74 Å². The highest BCUT2D eigenvalue weighted by Gasteiger charge is 2.33. The summed E-state index contributed by atoms with van der Waals surface area (Å²) in [7, 11) is 1.55. The zero-order valence-electron chi connectivity index (χ0n) is 23.9. The number of hydrogen-bond donors (Lipinski definition) is 1. The molecule has 0 radical (unpaired) electrons. The quantitative estimate of drug-likeness (QED) is 0.187. The molecule has 0 saturated heterocycles. The summed E-state index contributed by atoms with van der Waals surface area (Å²) >= 11 is 2.68. The number of nitrogens with zero attached hydrogens (tertiary/aromatic N) is 5. The van der Waals surface area contributed by atoms with E-state index in [1.807, 2.05) is 17.5 Å². The number of thioether (sulfide) groups is 1. The molecule has 1 aliphatic heterocycles. The number of nitrogens with one attached hydrogen (secondary N) is 1. The summed E-state index contributed by atoms with van der Waals surface area (Å²) < 4.78 is 34.3. The van der Waals surface area contributed by atoms with Gasteiger partial charge in [0.15, 0.2) is 11.0 Å². The fraction of sp³-hybridized carbons (Fsp3) is 0.156. The van der Waals surface area contributed by atoms with Crippen molar-refractivity contribution in [2.45, 2.75) is 24.2 Å². The van der Waals surface area contributed by atoms with Crippen LogP contribution in [0.5, 0.6) is 5.75 Å². The molecule has 0 spiro atoms. The highest BCUT2D eigenvalue weighted by molar-refractivity contribution is 7.99. The molecule has 1 N–H and O–H groups in total. The lowest BCUT2D eigenvalue weighted by Crippen LogP contribution is -2.28. The van der Waals surface area contributed by atoms with Gasteiger partial charge < -0.3 is 10.1 Å². The Hall–Kier alpha value is -4.88. The van der Waals surface area contributed by atoms with Crippen LogP contribution in [0.2, 0.25) is 0 Å². The van der Waals surface area contributed by atoms with Crippen LogP contribution >= 0.6 is 23.1 Å². The minimum absolute atomic E-state index is 0.0248. The minimum Gasteiger partial charge on any atom is -0.497 e. The fourth-order valence-corrected chi connectivity index (χ4v) is 6.37. The summed E-state index contributed by atoms with van der Waals surface area (Å²) in [6.07, 6.45) is 0.492. The van der Waals surface area contributed by atoms with Crippen molar-refractivity contribution < 1.29 is 23.1 Å². The Morgan fingerprint density at radius 2 is 1.69 bits per heavy atom. The number of benzene rings is 3. The Balaban J connectivity index is 1.22. The summed E-state index contributed by atoms with van der Waals surface area (Å²) in [5.41, 5.74) is 2.55. The van der Waals surface area contributed by atoms with E-state index < -0.39 is 11.9 Å². The molecule has 0 bridgehead atoms. The number of ether oxygens (including phenoxy) is 1. The molecular formula is C32H26F2N6O3S2. The van der Waals surface area contributed by atoms with Crippen LogP contribution in [0.15, 0.2) is 101 Å². The Labute approximate surface area is 265 Å². The van der Waals surface area contributed by atoms with Crippen molar-refractivity contribution in [1.29, 1.82) is 0 Å². The van der Waals surface area contributed by atoms with Gasteiger partial charge in [-0.15, -0.1) is 21.5 Å². The van der Waals surface area contributed by atoms with Gasteiger partial charge in [-0.2, -0.15) is 5.10 Å². The van der Waals surface area contributed by atoms with Crippen LogP contribution in [-0.4, -0.2) is 50.2 Å². The average Bonchev–Trinajstić information content (AvgIpc) is 3.84. The maximum absolute atomic E-state index is 13.8. The van der Waals surface area contributed by atoms with Gasteiger partial charge in [0.1, 0.15) is 17.4 Å². The zero-order chi connectivity index (χ0) is 31.3. The third kappa shape index (κ3) is 6.79. The molecule has 45 heavy (non-hydrogen) atoms. The normalized spacial score (nSPS) is 14.3. The Bertz CT molecular complexity index is 1830. The van der Waals surface area contributed by atoms with Gasteiger partial charge in [-0.1, -0.05) is 30.0 Å². The first kappa shape index (κ1) is 30.2. The predicted molar refractivity (Wildman–Crippen MR) is 168 cm³/mol. The number of thiophene rings is 1. The number of carbonyl (C=O) groups is 2. The highest BCUT2D eigenvalue weighted by Crippen LogP contribution is 2.35. The molecule has 13 heteroatoms. The van der Waals surface area contributed by atoms with E-state index in [1.165, 1.54) is 40.6 Å². The first-order valence-electron chi connectivity index (χ1n) is 13.8. The van der Waals surface area contributed by atoms with Crippen LogP contribution in [-0.2, 0) is 11.3 Å². The molecule has 2 amide bonds. The maximum Gasteiger partial charge on any atom is 0.253 e. The van der Waals surface area contributed by atoms with E-state index >= 15 is 0 Å². The van der Waals surface area contributed by atoms with Crippen LogP contribution in [0.25, 0.3) is 5.69 Å². The molecule has 6 rings (SSSR count). The van der Waals surface area contributed by atoms with Crippen molar-refractivity contribution in [2.24, 2.45) is 5.10 Å². The van der Waals surface area contributed by atoms with Crippen LogP contribution in [0.1, 0.15) is 39.1 Å². The van der Waals surface area contributed by atoms with Gasteiger partial charge in [0, 0.05) is 17.7 Å². The van der Waals surface area contributed by atoms with Crippen LogP contribution in [0.4, 0.5) is 8.78 Å². The molecule has 3 heterocycles. The van der Waals surface area contributed by atoms with Crippen molar-refractivity contribution in [2.75, 3.05) is 12.9 Å². The lowest BCUT2D eigenvalue weighted by molar-refractivity contribution is -0.130. The SMILES string of the molecule is COc1ccc(C(=O)NCc2nnc(SCC(=O)N3N=C(c4cccs4)C[C@H]3c3ccc(F)cc3)n2-c2ccc(F)cc2)cc1. The summed E-state index contributed by atoms with van der Waals surface area (Å²) in [6, 6.07) is 22.0. The van der Waals surface area contributed by atoms with E-state index in [-0.39, 0.29) is 29.9 Å². The Kier molecular flexibility index (Phi) is 8.98. The number of methoxy groups -OCH3 is 1. The molecule has 9 nitrogen and oxygen atoms in total. The van der Waals surface area contributed by atoms with Gasteiger partial charge in [0.25, 0.3) is 11.8 Å². The second-order valence-electron chi connectivity index (χ2n) is 9.94. The van der Waals surface area contributed by atoms with E-state index in [0.29, 0.717) is 34.4 Å². The molecule has 1 aliphatic rings. The first-order chi connectivity index (χ1) is 21.9. The van der Waals surface area contributed by atoms with Crippen LogP contribution < -0.4 is 10.1 Å². The van der Waals surface area contributed by atoms with E-state index in [2.05, 4.69) is 20.6 Å². The number of amides is 2. The average molecular weight is 645 g/mol. The van der Waals surface area contributed by atoms with Gasteiger partial charge in [-0.25, -0.2) is 13.8 Å². The predicted octanol–water partition coefficient (Wildman–Crippen LogP) is 6.02. The molecule has 228 valence electrons. The minimum atomic E-state index is -0.411. The van der Waals surface area contributed by atoms with Crippen molar-refractivity contribution in [1.82, 2.24) is 25.1 Å². The fourth-order valence-electron chi connectivity index (χ4n) is 4.83. The molecular weight excluding hydrogens is 619 g/mol. The highest BCUT2D eigenvalue weighted by atomic mass is 32.2. The molecule has 0 aliphatic carbocycles. The lowest BCUT2D eigenvalue weighted by Gasteiger charge is -2.22. The number of hydrogen-bond acceptors (Lipinski definition) is 8. The maximum atomic E-state index is 13.8. The Morgan fingerprint density at radius 3 is 2.36 bits per heavy atom. The van der Waals surface area contributed by atoms with Gasteiger partial charge in [-0.05, 0) is 77.7 Å². The monoisotopic (exact) mass is 644 g/mol. The topological polar surface area (TPSA) is 102 Å².